The van der Waals surface area contributed by atoms with Crippen molar-refractivity contribution in [2.24, 2.45) is 0 Å². The van der Waals surface area contributed by atoms with Gasteiger partial charge in [-0.3, -0.25) is 9.59 Å². The number of hydrogen-bond donors (Lipinski definition) is 1. The van der Waals surface area contributed by atoms with Crippen LogP contribution in [0.25, 0.3) is 0 Å². The minimum absolute atomic E-state index is 0.0201. The van der Waals surface area contributed by atoms with Crippen LogP contribution in [0.5, 0.6) is 5.75 Å². The minimum atomic E-state index is -1.37. The second kappa shape index (κ2) is 8.30. The standard InChI is InChI=1S/C18H16ClNO5/c1-2-16(21)11-3-6-13(7-4-11)25-10-17(22)20-15-9-12(18(23)24)5-8-14(15)19/h3-9H,2,10H2,1H3,(H,20,22)(H,23,24)/p-1. The number of carboxylic acid groups (broad SMARTS) is 1. The number of hydrogen-bond acceptors (Lipinski definition) is 5. The van der Waals surface area contributed by atoms with Gasteiger partial charge in [0.25, 0.3) is 5.91 Å². The minimum Gasteiger partial charge on any atom is -0.545 e. The summed E-state index contributed by atoms with van der Waals surface area (Å²) in [6, 6.07) is 10.3. The van der Waals surface area contributed by atoms with E-state index < -0.39 is 11.9 Å². The fourth-order valence-corrected chi connectivity index (χ4v) is 2.19. The number of carbonyl (C=O) groups is 3. The molecule has 1 N–H and O–H groups in total. The first-order valence-electron chi connectivity index (χ1n) is 7.47. The molecule has 130 valence electrons. The Kier molecular flexibility index (Phi) is 6.14. The van der Waals surface area contributed by atoms with E-state index in [0.29, 0.717) is 17.7 Å². The van der Waals surface area contributed by atoms with Gasteiger partial charge in [-0.15, -0.1) is 0 Å². The Morgan fingerprint density at radius 1 is 1.08 bits per heavy atom. The summed E-state index contributed by atoms with van der Waals surface area (Å²) in [4.78, 5) is 34.3. The van der Waals surface area contributed by atoms with Gasteiger partial charge in [0, 0.05) is 12.0 Å². The zero-order valence-corrected chi connectivity index (χ0v) is 14.1. The summed E-state index contributed by atoms with van der Waals surface area (Å²) in [7, 11) is 0. The van der Waals surface area contributed by atoms with E-state index in [-0.39, 0.29) is 28.7 Å². The Bertz CT molecular complexity index is 802. The van der Waals surface area contributed by atoms with Gasteiger partial charge < -0.3 is 20.0 Å². The molecule has 25 heavy (non-hydrogen) atoms. The third-order valence-electron chi connectivity index (χ3n) is 3.34. The van der Waals surface area contributed by atoms with Crippen molar-refractivity contribution >= 4 is 34.9 Å². The number of ether oxygens (including phenoxy) is 1. The number of Topliss-reactive ketones (excluding diaryl/α,β-unsaturated/α-hetero) is 1. The molecular formula is C18H15ClNO5-. The van der Waals surface area contributed by atoms with E-state index in [9.17, 15) is 19.5 Å². The van der Waals surface area contributed by atoms with Crippen molar-refractivity contribution in [2.45, 2.75) is 13.3 Å². The number of halogens is 1. The molecule has 0 spiro atoms. The van der Waals surface area contributed by atoms with Crippen LogP contribution in [0.1, 0.15) is 34.1 Å². The third-order valence-corrected chi connectivity index (χ3v) is 3.67. The average molecular weight is 361 g/mol. The number of carboxylic acids is 1. The normalized spacial score (nSPS) is 10.2. The summed E-state index contributed by atoms with van der Waals surface area (Å²) in [5.41, 5.74) is 0.628. The summed E-state index contributed by atoms with van der Waals surface area (Å²) in [5.74, 6) is -1.43. The van der Waals surface area contributed by atoms with E-state index in [0.717, 1.165) is 0 Å². The van der Waals surface area contributed by atoms with Gasteiger partial charge in [0.2, 0.25) is 0 Å². The van der Waals surface area contributed by atoms with Crippen molar-refractivity contribution in [2.75, 3.05) is 11.9 Å². The van der Waals surface area contributed by atoms with Crippen LogP contribution in [0.15, 0.2) is 42.5 Å². The van der Waals surface area contributed by atoms with Gasteiger partial charge in [-0.05, 0) is 42.0 Å². The topological polar surface area (TPSA) is 95.5 Å². The van der Waals surface area contributed by atoms with Crippen molar-refractivity contribution in [1.29, 1.82) is 0 Å². The highest BCUT2D eigenvalue weighted by Gasteiger charge is 2.09. The van der Waals surface area contributed by atoms with Crippen molar-refractivity contribution in [1.82, 2.24) is 0 Å². The maximum absolute atomic E-state index is 11.9. The molecule has 0 radical (unpaired) electrons. The second-order valence-electron chi connectivity index (χ2n) is 5.12. The maximum atomic E-state index is 11.9. The molecule has 0 bridgehead atoms. The Morgan fingerprint density at radius 3 is 2.32 bits per heavy atom. The lowest BCUT2D eigenvalue weighted by atomic mass is 10.1. The number of aromatic carboxylic acids is 1. The van der Waals surface area contributed by atoms with E-state index in [4.69, 9.17) is 16.3 Å². The Morgan fingerprint density at radius 2 is 1.72 bits per heavy atom. The summed E-state index contributed by atoms with van der Waals surface area (Å²) in [6.07, 6.45) is 0.411. The third kappa shape index (κ3) is 5.06. The van der Waals surface area contributed by atoms with Gasteiger partial charge in [-0.2, -0.15) is 0 Å². The number of anilines is 1. The smallest absolute Gasteiger partial charge is 0.262 e. The summed E-state index contributed by atoms with van der Waals surface area (Å²) in [5, 5.41) is 13.5. The fraction of sp³-hybridized carbons (Fsp3) is 0.167. The van der Waals surface area contributed by atoms with E-state index in [2.05, 4.69) is 5.32 Å². The van der Waals surface area contributed by atoms with Gasteiger partial charge >= 0.3 is 0 Å². The molecule has 0 heterocycles. The van der Waals surface area contributed by atoms with Crippen LogP contribution < -0.4 is 15.2 Å². The highest BCUT2D eigenvalue weighted by atomic mass is 35.5. The van der Waals surface area contributed by atoms with Crippen LogP contribution in [-0.4, -0.2) is 24.3 Å². The van der Waals surface area contributed by atoms with Crippen molar-refractivity contribution in [3.63, 3.8) is 0 Å². The fourth-order valence-electron chi connectivity index (χ4n) is 2.02. The number of nitrogens with one attached hydrogen (secondary N) is 1. The van der Waals surface area contributed by atoms with Gasteiger partial charge in [0.15, 0.2) is 12.4 Å². The van der Waals surface area contributed by atoms with E-state index in [1.807, 2.05) is 0 Å². The molecule has 0 saturated carbocycles. The van der Waals surface area contributed by atoms with Crippen molar-refractivity contribution in [3.05, 3.63) is 58.6 Å². The molecule has 0 saturated heterocycles. The SMILES string of the molecule is CCC(=O)c1ccc(OCC(=O)Nc2cc(C(=O)[O-])ccc2Cl)cc1. The molecule has 7 heteroatoms. The molecule has 0 unspecified atom stereocenters. The van der Waals surface area contributed by atoms with Gasteiger partial charge in [0.1, 0.15) is 5.75 Å². The van der Waals surface area contributed by atoms with Gasteiger partial charge in [-0.25, -0.2) is 0 Å². The molecule has 2 rings (SSSR count). The lowest BCUT2D eigenvalue weighted by molar-refractivity contribution is -0.255. The maximum Gasteiger partial charge on any atom is 0.262 e. The quantitative estimate of drug-likeness (QED) is 0.764. The first-order chi connectivity index (χ1) is 11.9. The van der Waals surface area contributed by atoms with Gasteiger partial charge in [0.05, 0.1) is 16.7 Å². The molecule has 0 atom stereocenters. The van der Waals surface area contributed by atoms with Crippen molar-refractivity contribution in [3.8, 4) is 5.75 Å². The molecule has 0 aliphatic heterocycles. The Balaban J connectivity index is 1.96. The average Bonchev–Trinajstić information content (AvgIpc) is 2.61. The Hall–Kier alpha value is -2.86. The summed E-state index contributed by atoms with van der Waals surface area (Å²) < 4.78 is 5.33. The molecule has 0 aliphatic rings. The largest absolute Gasteiger partial charge is 0.545 e. The first-order valence-corrected chi connectivity index (χ1v) is 7.85. The molecule has 1 amide bonds. The zero-order valence-electron chi connectivity index (χ0n) is 13.4. The molecule has 0 aliphatic carbocycles. The molecule has 6 nitrogen and oxygen atoms in total. The molecule has 0 fully saturated rings. The highest BCUT2D eigenvalue weighted by molar-refractivity contribution is 6.33. The Labute approximate surface area is 149 Å². The first kappa shape index (κ1) is 18.5. The van der Waals surface area contributed by atoms with E-state index in [1.54, 1.807) is 31.2 Å². The molecular weight excluding hydrogens is 346 g/mol. The van der Waals surface area contributed by atoms with Crippen LogP contribution >= 0.6 is 11.6 Å². The zero-order chi connectivity index (χ0) is 18.4. The van der Waals surface area contributed by atoms with E-state index in [1.165, 1.54) is 18.2 Å². The predicted octanol–water partition coefficient (Wildman–Crippen LogP) is 2.31. The highest BCUT2D eigenvalue weighted by Crippen LogP contribution is 2.23. The number of benzene rings is 2. The number of amides is 1. The number of rotatable bonds is 7. The van der Waals surface area contributed by atoms with Crippen LogP contribution in [0, 0.1) is 0 Å². The number of carbonyl (C=O) groups excluding carboxylic acids is 3. The second-order valence-corrected chi connectivity index (χ2v) is 5.53. The van der Waals surface area contributed by atoms with E-state index >= 15 is 0 Å². The predicted molar refractivity (Wildman–Crippen MR) is 91.0 cm³/mol. The lowest BCUT2D eigenvalue weighted by Gasteiger charge is -2.11. The van der Waals surface area contributed by atoms with Crippen LogP contribution in [-0.2, 0) is 4.79 Å². The van der Waals surface area contributed by atoms with Crippen molar-refractivity contribution < 1.29 is 24.2 Å². The van der Waals surface area contributed by atoms with Crippen LogP contribution in [0.3, 0.4) is 0 Å². The molecule has 0 aromatic heterocycles. The molecule has 2 aromatic carbocycles. The molecule has 2 aromatic rings. The lowest BCUT2D eigenvalue weighted by Crippen LogP contribution is -2.23. The van der Waals surface area contributed by atoms with Gasteiger partial charge in [-0.1, -0.05) is 24.6 Å². The van der Waals surface area contributed by atoms with Crippen LogP contribution in [0.4, 0.5) is 5.69 Å². The van der Waals surface area contributed by atoms with Crippen LogP contribution in [0.2, 0.25) is 5.02 Å². The summed E-state index contributed by atoms with van der Waals surface area (Å²) in [6.45, 7) is 1.48. The monoisotopic (exact) mass is 360 g/mol. The summed E-state index contributed by atoms with van der Waals surface area (Å²) >= 11 is 5.92. The number of ketones is 1.